The van der Waals surface area contributed by atoms with Crippen molar-refractivity contribution >= 4 is 16.0 Å². The minimum atomic E-state index is -4.04. The van der Waals surface area contributed by atoms with Crippen molar-refractivity contribution in [1.29, 1.82) is 0 Å². The molecule has 2 N–H and O–H groups in total. The van der Waals surface area contributed by atoms with Crippen LogP contribution in [0.3, 0.4) is 0 Å². The van der Waals surface area contributed by atoms with Crippen LogP contribution in [0.25, 0.3) is 0 Å². The third-order valence-corrected chi connectivity index (χ3v) is 3.66. The maximum Gasteiger partial charge on any atom is 0.306 e. The predicted molar refractivity (Wildman–Crippen MR) is 60.8 cm³/mol. The van der Waals surface area contributed by atoms with Crippen molar-refractivity contribution in [3.8, 4) is 0 Å². The number of pyridine rings is 1. The number of carbonyl (C=O) groups is 1. The third kappa shape index (κ3) is 3.74. The lowest BCUT2D eigenvalue weighted by atomic mass is 10.1. The fourth-order valence-electron chi connectivity index (χ4n) is 1.17. The van der Waals surface area contributed by atoms with E-state index in [1.165, 1.54) is 13.0 Å². The summed E-state index contributed by atoms with van der Waals surface area (Å²) < 4.78 is 38.6. The molecule has 0 fully saturated rings. The highest BCUT2D eigenvalue weighted by Crippen LogP contribution is 2.10. The quantitative estimate of drug-likeness (QED) is 0.793. The molecule has 0 aliphatic heterocycles. The number of halogens is 1. The van der Waals surface area contributed by atoms with Gasteiger partial charge < -0.3 is 5.11 Å². The van der Waals surface area contributed by atoms with E-state index in [9.17, 15) is 17.6 Å². The van der Waals surface area contributed by atoms with E-state index in [4.69, 9.17) is 5.11 Å². The van der Waals surface area contributed by atoms with Gasteiger partial charge in [-0.25, -0.2) is 22.5 Å². The molecule has 18 heavy (non-hydrogen) atoms. The number of nitrogens with one attached hydrogen (secondary N) is 1. The second-order valence-corrected chi connectivity index (χ2v) is 5.40. The number of rotatable bonds is 6. The third-order valence-electron chi connectivity index (χ3n) is 2.27. The largest absolute Gasteiger partial charge is 0.481 e. The summed E-state index contributed by atoms with van der Waals surface area (Å²) in [6, 6.07) is 2.27. The van der Waals surface area contributed by atoms with E-state index in [1.807, 2.05) is 0 Å². The summed E-state index contributed by atoms with van der Waals surface area (Å²) in [4.78, 5) is 14.0. The normalized spacial score (nSPS) is 13.2. The fraction of sp³-hybridized carbons (Fsp3) is 0.400. The van der Waals surface area contributed by atoms with Crippen molar-refractivity contribution < 1.29 is 22.7 Å². The lowest BCUT2D eigenvalue weighted by molar-refractivity contribution is -0.141. The second-order valence-electron chi connectivity index (χ2n) is 3.72. The molecule has 0 aliphatic rings. The molecule has 1 heterocycles. The van der Waals surface area contributed by atoms with Crippen molar-refractivity contribution in [2.24, 2.45) is 5.92 Å². The molecule has 1 unspecified atom stereocenters. The molecule has 1 aromatic heterocycles. The summed E-state index contributed by atoms with van der Waals surface area (Å²) in [6.45, 7) is 1.36. The van der Waals surface area contributed by atoms with Crippen LogP contribution in [0.2, 0.25) is 0 Å². The van der Waals surface area contributed by atoms with E-state index in [0.717, 1.165) is 12.3 Å². The SMILES string of the molecule is CC(CCNS(=O)(=O)c1ncccc1F)C(=O)O. The average molecular weight is 276 g/mol. The first-order valence-corrected chi connectivity index (χ1v) is 6.66. The predicted octanol–water partition coefficient (Wildman–Crippen LogP) is 0.610. The molecule has 1 aromatic rings. The molecule has 100 valence electrons. The van der Waals surface area contributed by atoms with Gasteiger partial charge >= 0.3 is 5.97 Å². The molecule has 0 spiro atoms. The average Bonchev–Trinajstić information content (AvgIpc) is 2.28. The summed E-state index contributed by atoms with van der Waals surface area (Å²) >= 11 is 0. The minimum absolute atomic E-state index is 0.0915. The van der Waals surface area contributed by atoms with Crippen LogP contribution < -0.4 is 4.72 Å². The zero-order valence-electron chi connectivity index (χ0n) is 9.63. The highest BCUT2D eigenvalue weighted by molar-refractivity contribution is 7.89. The van der Waals surface area contributed by atoms with Crippen LogP contribution in [0, 0.1) is 11.7 Å². The molecule has 0 bridgehead atoms. The summed E-state index contributed by atoms with van der Waals surface area (Å²) in [7, 11) is -4.04. The molecule has 1 rings (SSSR count). The Labute approximate surface area is 104 Å². The van der Waals surface area contributed by atoms with E-state index in [1.54, 1.807) is 0 Å². The molecule has 1 atom stereocenters. The van der Waals surface area contributed by atoms with Crippen molar-refractivity contribution in [2.75, 3.05) is 6.54 Å². The first-order chi connectivity index (χ1) is 8.34. The van der Waals surface area contributed by atoms with E-state index >= 15 is 0 Å². The number of aliphatic carboxylic acids is 1. The smallest absolute Gasteiger partial charge is 0.306 e. The number of carboxylic acid groups (broad SMARTS) is 1. The number of aromatic nitrogens is 1. The van der Waals surface area contributed by atoms with Crippen LogP contribution in [-0.4, -0.2) is 31.0 Å². The van der Waals surface area contributed by atoms with Crippen LogP contribution >= 0.6 is 0 Å². The summed E-state index contributed by atoms with van der Waals surface area (Å²) in [5.41, 5.74) is 0. The summed E-state index contributed by atoms with van der Waals surface area (Å²) in [6.07, 6.45) is 1.28. The molecule has 0 saturated heterocycles. The van der Waals surface area contributed by atoms with Gasteiger partial charge in [-0.15, -0.1) is 0 Å². The van der Waals surface area contributed by atoms with Crippen molar-refractivity contribution in [1.82, 2.24) is 9.71 Å². The Morgan fingerprint density at radius 1 is 1.61 bits per heavy atom. The zero-order chi connectivity index (χ0) is 13.8. The van der Waals surface area contributed by atoms with Crippen LogP contribution in [0.4, 0.5) is 4.39 Å². The van der Waals surface area contributed by atoms with Crippen LogP contribution in [0.15, 0.2) is 23.4 Å². The van der Waals surface area contributed by atoms with Crippen LogP contribution in [0.5, 0.6) is 0 Å². The maximum atomic E-state index is 13.2. The fourth-order valence-corrected chi connectivity index (χ4v) is 2.22. The highest BCUT2D eigenvalue weighted by atomic mass is 32.2. The van der Waals surface area contributed by atoms with Gasteiger partial charge in [0.2, 0.25) is 5.03 Å². The molecule has 0 radical (unpaired) electrons. The molecule has 0 aromatic carbocycles. The molecule has 0 aliphatic carbocycles. The van der Waals surface area contributed by atoms with E-state index in [0.29, 0.717) is 0 Å². The molecule has 6 nitrogen and oxygen atoms in total. The Morgan fingerprint density at radius 3 is 2.83 bits per heavy atom. The van der Waals surface area contributed by atoms with E-state index in [-0.39, 0.29) is 13.0 Å². The second kappa shape index (κ2) is 5.87. The Balaban J connectivity index is 2.67. The first-order valence-electron chi connectivity index (χ1n) is 5.17. The minimum Gasteiger partial charge on any atom is -0.481 e. The molecule has 0 amide bonds. The lowest BCUT2D eigenvalue weighted by Crippen LogP contribution is -2.28. The molecular weight excluding hydrogens is 263 g/mol. The van der Waals surface area contributed by atoms with Crippen molar-refractivity contribution in [3.05, 3.63) is 24.1 Å². The summed E-state index contributed by atoms with van der Waals surface area (Å²) in [5.74, 6) is -2.64. The Kier molecular flexibility index (Phi) is 4.74. The van der Waals surface area contributed by atoms with Gasteiger partial charge in [-0.3, -0.25) is 4.79 Å². The van der Waals surface area contributed by atoms with E-state index in [2.05, 4.69) is 9.71 Å². The number of hydrogen-bond donors (Lipinski definition) is 2. The van der Waals surface area contributed by atoms with Crippen molar-refractivity contribution in [2.45, 2.75) is 18.4 Å². The zero-order valence-corrected chi connectivity index (χ0v) is 10.4. The number of sulfonamides is 1. The monoisotopic (exact) mass is 276 g/mol. The summed E-state index contributed by atoms with van der Waals surface area (Å²) in [5, 5.41) is 7.94. The molecular formula is C10H13FN2O4S. The van der Waals surface area contributed by atoms with Gasteiger partial charge in [0.25, 0.3) is 10.0 Å². The van der Waals surface area contributed by atoms with Gasteiger partial charge in [0, 0.05) is 12.7 Å². The van der Waals surface area contributed by atoms with Gasteiger partial charge in [-0.2, -0.15) is 0 Å². The number of hydrogen-bond acceptors (Lipinski definition) is 4. The molecule has 8 heteroatoms. The Morgan fingerprint density at radius 2 is 2.28 bits per heavy atom. The Hall–Kier alpha value is -1.54. The van der Waals surface area contributed by atoms with Crippen LogP contribution in [0.1, 0.15) is 13.3 Å². The maximum absolute atomic E-state index is 13.2. The highest BCUT2D eigenvalue weighted by Gasteiger charge is 2.20. The van der Waals surface area contributed by atoms with Gasteiger partial charge in [0.05, 0.1) is 5.92 Å². The standard InChI is InChI=1S/C10H13FN2O4S/c1-7(10(14)15)4-6-13-18(16,17)9-8(11)3-2-5-12-9/h2-3,5,7,13H,4,6H2,1H3,(H,14,15). The lowest BCUT2D eigenvalue weighted by Gasteiger charge is -2.08. The molecule has 0 saturated carbocycles. The number of nitrogens with zero attached hydrogens (tertiary/aromatic N) is 1. The Bertz CT molecular complexity index is 532. The number of carboxylic acids is 1. The first kappa shape index (κ1) is 14.5. The van der Waals surface area contributed by atoms with Gasteiger partial charge in [-0.1, -0.05) is 6.92 Å². The van der Waals surface area contributed by atoms with Gasteiger partial charge in [0.15, 0.2) is 5.82 Å². The van der Waals surface area contributed by atoms with Crippen LogP contribution in [-0.2, 0) is 14.8 Å². The van der Waals surface area contributed by atoms with Crippen molar-refractivity contribution in [3.63, 3.8) is 0 Å². The van der Waals surface area contributed by atoms with E-state index < -0.39 is 32.8 Å². The topological polar surface area (TPSA) is 96.4 Å². The van der Waals surface area contributed by atoms with Gasteiger partial charge in [0.1, 0.15) is 0 Å². The van der Waals surface area contributed by atoms with Gasteiger partial charge in [-0.05, 0) is 18.6 Å².